The summed E-state index contributed by atoms with van der Waals surface area (Å²) in [5.74, 6) is 0. The van der Waals surface area contributed by atoms with Crippen molar-refractivity contribution in [1.82, 2.24) is 9.55 Å². The van der Waals surface area contributed by atoms with Gasteiger partial charge in [0.25, 0.3) is 0 Å². The molecule has 0 bridgehead atoms. The van der Waals surface area contributed by atoms with Gasteiger partial charge >= 0.3 is 0 Å². The second-order valence-electron chi connectivity index (χ2n) is 7.28. The molecule has 1 aliphatic heterocycles. The van der Waals surface area contributed by atoms with Crippen molar-refractivity contribution < 1.29 is 4.74 Å². The first-order valence-electron chi connectivity index (χ1n) is 9.43. The smallest absolute Gasteiger partial charge is 0.0991 e. The number of imidazole rings is 1. The molecule has 0 saturated carbocycles. The summed E-state index contributed by atoms with van der Waals surface area (Å²) in [7, 11) is 0. The van der Waals surface area contributed by atoms with E-state index in [4.69, 9.17) is 10.5 Å². The van der Waals surface area contributed by atoms with Crippen molar-refractivity contribution in [1.29, 1.82) is 0 Å². The van der Waals surface area contributed by atoms with Gasteiger partial charge in [0.15, 0.2) is 0 Å². The maximum atomic E-state index is 6.63. The molecular formula is C22H26N4O. The Bertz CT molecular complexity index is 898. The number of nitrogens with two attached hydrogens (primary N) is 1. The number of aromatic nitrogens is 2. The predicted octanol–water partition coefficient (Wildman–Crippen LogP) is 3.76. The van der Waals surface area contributed by atoms with Crippen LogP contribution in [0.1, 0.15) is 29.5 Å². The van der Waals surface area contributed by atoms with E-state index in [-0.39, 0.29) is 5.54 Å². The summed E-state index contributed by atoms with van der Waals surface area (Å²) in [6, 6.07) is 15.0. The second-order valence-corrected chi connectivity index (χ2v) is 7.28. The van der Waals surface area contributed by atoms with Crippen LogP contribution in [0, 0.1) is 6.92 Å². The fourth-order valence-electron chi connectivity index (χ4n) is 3.61. The Balaban J connectivity index is 1.47. The summed E-state index contributed by atoms with van der Waals surface area (Å²) in [6.45, 7) is 4.39. The van der Waals surface area contributed by atoms with Crippen LogP contribution in [0.25, 0.3) is 5.69 Å². The fraction of sp³-hybridized carbons (Fsp3) is 0.318. The number of nitrogens with zero attached hydrogens (tertiary/aromatic N) is 2. The van der Waals surface area contributed by atoms with E-state index in [0.29, 0.717) is 0 Å². The summed E-state index contributed by atoms with van der Waals surface area (Å²) in [4.78, 5) is 4.11. The van der Waals surface area contributed by atoms with E-state index >= 15 is 0 Å². The van der Waals surface area contributed by atoms with E-state index < -0.39 is 0 Å². The molecule has 4 rings (SSSR count). The molecule has 0 unspecified atom stereocenters. The molecule has 1 aromatic heterocycles. The van der Waals surface area contributed by atoms with Crippen molar-refractivity contribution in [2.45, 2.75) is 31.8 Å². The van der Waals surface area contributed by atoms with E-state index in [1.165, 1.54) is 16.7 Å². The number of benzene rings is 2. The minimum atomic E-state index is -0.279. The highest BCUT2D eigenvalue weighted by molar-refractivity contribution is 5.49. The lowest BCUT2D eigenvalue weighted by molar-refractivity contribution is 0.0523. The third kappa shape index (κ3) is 3.89. The molecule has 140 valence electrons. The van der Waals surface area contributed by atoms with Crippen LogP contribution in [-0.2, 0) is 16.8 Å². The average molecular weight is 362 g/mol. The molecular weight excluding hydrogens is 336 g/mol. The van der Waals surface area contributed by atoms with Gasteiger partial charge < -0.3 is 20.4 Å². The number of anilines is 1. The van der Waals surface area contributed by atoms with Gasteiger partial charge in [-0.3, -0.25) is 0 Å². The highest BCUT2D eigenvalue weighted by Gasteiger charge is 2.29. The van der Waals surface area contributed by atoms with Crippen LogP contribution in [0.3, 0.4) is 0 Å². The summed E-state index contributed by atoms with van der Waals surface area (Å²) >= 11 is 0. The van der Waals surface area contributed by atoms with Crippen LogP contribution < -0.4 is 11.1 Å². The summed E-state index contributed by atoms with van der Waals surface area (Å²) in [6.07, 6.45) is 7.30. The van der Waals surface area contributed by atoms with E-state index in [1.54, 1.807) is 6.20 Å². The highest BCUT2D eigenvalue weighted by Crippen LogP contribution is 2.31. The molecule has 2 aromatic carbocycles. The third-order valence-corrected chi connectivity index (χ3v) is 5.43. The van der Waals surface area contributed by atoms with Crippen LogP contribution in [-0.4, -0.2) is 22.8 Å². The van der Waals surface area contributed by atoms with Crippen LogP contribution in [0.15, 0.2) is 61.2 Å². The maximum absolute atomic E-state index is 6.63. The summed E-state index contributed by atoms with van der Waals surface area (Å²) in [5.41, 5.74) is 12.3. The van der Waals surface area contributed by atoms with Gasteiger partial charge in [0.1, 0.15) is 0 Å². The van der Waals surface area contributed by atoms with E-state index in [9.17, 15) is 0 Å². The maximum Gasteiger partial charge on any atom is 0.0991 e. The van der Waals surface area contributed by atoms with Gasteiger partial charge in [-0.1, -0.05) is 18.2 Å². The van der Waals surface area contributed by atoms with Crippen LogP contribution in [0.2, 0.25) is 0 Å². The lowest BCUT2D eigenvalue weighted by Crippen LogP contribution is -2.42. The number of hydrogen-bond acceptors (Lipinski definition) is 4. The first-order valence-corrected chi connectivity index (χ1v) is 9.43. The Hall–Kier alpha value is -2.63. The Labute approximate surface area is 160 Å². The monoisotopic (exact) mass is 362 g/mol. The van der Waals surface area contributed by atoms with Crippen molar-refractivity contribution in [2.24, 2.45) is 5.73 Å². The molecule has 0 amide bonds. The quantitative estimate of drug-likeness (QED) is 0.725. The van der Waals surface area contributed by atoms with Crippen LogP contribution in [0.4, 0.5) is 5.69 Å². The Morgan fingerprint density at radius 1 is 1.19 bits per heavy atom. The molecule has 0 radical (unpaired) electrons. The second kappa shape index (κ2) is 7.55. The summed E-state index contributed by atoms with van der Waals surface area (Å²) in [5, 5.41) is 3.55. The number of rotatable bonds is 5. The van der Waals surface area contributed by atoms with E-state index in [2.05, 4.69) is 59.7 Å². The lowest BCUT2D eigenvalue weighted by Gasteiger charge is -2.34. The first kappa shape index (κ1) is 17.8. The van der Waals surface area contributed by atoms with Crippen molar-refractivity contribution in [3.05, 3.63) is 77.9 Å². The van der Waals surface area contributed by atoms with E-state index in [0.717, 1.165) is 44.0 Å². The van der Waals surface area contributed by atoms with Crippen molar-refractivity contribution in [2.75, 3.05) is 18.5 Å². The average Bonchev–Trinajstić information content (AvgIpc) is 3.23. The standard InChI is InChI=1S/C22H26N4O/c1-17-13-21(26-10-9-24-16-26)6-5-18(17)15-25-20-4-2-3-19(14-20)22(23)7-11-27-12-8-22/h2-6,9-10,13-14,16,25H,7-8,11-12,15,23H2,1H3. The molecule has 2 heterocycles. The fourth-order valence-corrected chi connectivity index (χ4v) is 3.61. The minimum absolute atomic E-state index is 0.279. The molecule has 5 nitrogen and oxygen atoms in total. The molecule has 1 saturated heterocycles. The molecule has 3 aromatic rings. The molecule has 1 fully saturated rings. The molecule has 27 heavy (non-hydrogen) atoms. The molecule has 3 N–H and O–H groups in total. The first-order chi connectivity index (χ1) is 13.1. The van der Waals surface area contributed by atoms with Crippen molar-refractivity contribution in [3.63, 3.8) is 0 Å². The third-order valence-electron chi connectivity index (χ3n) is 5.43. The van der Waals surface area contributed by atoms with Gasteiger partial charge in [0.2, 0.25) is 0 Å². The summed E-state index contributed by atoms with van der Waals surface area (Å²) < 4.78 is 7.49. The zero-order valence-corrected chi connectivity index (χ0v) is 15.7. The van der Waals surface area contributed by atoms with Crippen molar-refractivity contribution in [3.8, 4) is 5.69 Å². The Morgan fingerprint density at radius 3 is 2.78 bits per heavy atom. The Kier molecular flexibility index (Phi) is 4.97. The number of ether oxygens (including phenoxy) is 1. The minimum Gasteiger partial charge on any atom is -0.381 e. The SMILES string of the molecule is Cc1cc(-n2ccnc2)ccc1CNc1cccc(C2(N)CCOCC2)c1. The molecule has 1 aliphatic rings. The van der Waals surface area contributed by atoms with Gasteiger partial charge in [-0.25, -0.2) is 4.98 Å². The highest BCUT2D eigenvalue weighted by atomic mass is 16.5. The predicted molar refractivity (Wildman–Crippen MR) is 108 cm³/mol. The van der Waals surface area contributed by atoms with Gasteiger partial charge in [-0.05, 0) is 60.7 Å². The normalized spacial score (nSPS) is 16.2. The Morgan fingerprint density at radius 2 is 2.04 bits per heavy atom. The van der Waals surface area contributed by atoms with Gasteiger partial charge in [-0.15, -0.1) is 0 Å². The van der Waals surface area contributed by atoms with Gasteiger partial charge in [0, 0.05) is 49.1 Å². The number of hydrogen-bond donors (Lipinski definition) is 2. The lowest BCUT2D eigenvalue weighted by atomic mass is 9.83. The topological polar surface area (TPSA) is 65.1 Å². The number of nitrogens with one attached hydrogen (secondary N) is 1. The molecule has 0 aliphatic carbocycles. The molecule has 5 heteroatoms. The largest absolute Gasteiger partial charge is 0.381 e. The van der Waals surface area contributed by atoms with E-state index in [1.807, 2.05) is 17.1 Å². The van der Waals surface area contributed by atoms with Gasteiger partial charge in [-0.2, -0.15) is 0 Å². The van der Waals surface area contributed by atoms with Gasteiger partial charge in [0.05, 0.1) is 6.33 Å². The molecule has 0 atom stereocenters. The van der Waals surface area contributed by atoms with Crippen LogP contribution >= 0.6 is 0 Å². The zero-order chi connectivity index (χ0) is 18.7. The van der Waals surface area contributed by atoms with Crippen LogP contribution in [0.5, 0.6) is 0 Å². The van der Waals surface area contributed by atoms with Crippen molar-refractivity contribution >= 4 is 5.69 Å². The molecule has 0 spiro atoms. The zero-order valence-electron chi connectivity index (χ0n) is 15.7. The number of aryl methyl sites for hydroxylation is 1.